The minimum absolute atomic E-state index is 0.232. The molecule has 0 aromatic heterocycles. The second-order valence-electron chi connectivity index (χ2n) is 8.02. The molecular formula is C24H31N3O3. The van der Waals surface area contributed by atoms with Crippen LogP contribution in [0.15, 0.2) is 48.5 Å². The zero-order valence-electron chi connectivity index (χ0n) is 17.9. The highest BCUT2D eigenvalue weighted by Gasteiger charge is 2.32. The first kappa shape index (κ1) is 20.5. The van der Waals surface area contributed by atoms with E-state index >= 15 is 0 Å². The molecule has 0 atom stereocenters. The summed E-state index contributed by atoms with van der Waals surface area (Å²) in [5, 5.41) is 0. The van der Waals surface area contributed by atoms with Crippen LogP contribution in [0, 0.1) is 0 Å². The van der Waals surface area contributed by atoms with Crippen molar-refractivity contribution in [2.45, 2.75) is 25.4 Å². The molecule has 0 spiro atoms. The highest BCUT2D eigenvalue weighted by atomic mass is 16.5. The van der Waals surface area contributed by atoms with Crippen LogP contribution in [0.5, 0.6) is 11.5 Å². The maximum absolute atomic E-state index is 13.0. The number of amides is 1. The maximum atomic E-state index is 13.0. The van der Waals surface area contributed by atoms with E-state index in [9.17, 15) is 4.79 Å². The topological polar surface area (TPSA) is 45.2 Å². The van der Waals surface area contributed by atoms with E-state index in [1.165, 1.54) is 18.4 Å². The van der Waals surface area contributed by atoms with Gasteiger partial charge in [-0.1, -0.05) is 24.3 Å². The third-order valence-corrected chi connectivity index (χ3v) is 6.00. The quantitative estimate of drug-likeness (QED) is 0.671. The Kier molecular flexibility index (Phi) is 6.43. The zero-order chi connectivity index (χ0) is 20.9. The molecule has 0 radical (unpaired) electrons. The third kappa shape index (κ3) is 4.87. The SMILES string of the molecule is COc1ccc(CN(CC(=O)N2CCN(c3ccccc3OC)CC2)C2CC2)cc1. The number of nitrogens with zero attached hydrogens (tertiary/aromatic N) is 3. The van der Waals surface area contributed by atoms with Crippen LogP contribution >= 0.6 is 0 Å². The number of anilines is 1. The Bertz CT molecular complexity index is 843. The van der Waals surface area contributed by atoms with E-state index in [4.69, 9.17) is 9.47 Å². The van der Waals surface area contributed by atoms with Crippen LogP contribution < -0.4 is 14.4 Å². The smallest absolute Gasteiger partial charge is 0.236 e. The Balaban J connectivity index is 1.32. The number of para-hydroxylation sites is 2. The molecule has 160 valence electrons. The van der Waals surface area contributed by atoms with Gasteiger partial charge in [0, 0.05) is 38.8 Å². The molecule has 4 rings (SSSR count). The minimum atomic E-state index is 0.232. The van der Waals surface area contributed by atoms with E-state index in [-0.39, 0.29) is 5.91 Å². The van der Waals surface area contributed by atoms with Crippen molar-refractivity contribution < 1.29 is 14.3 Å². The number of hydrogen-bond donors (Lipinski definition) is 0. The van der Waals surface area contributed by atoms with Crippen LogP contribution in [0.25, 0.3) is 0 Å². The predicted octanol–water partition coefficient (Wildman–Crippen LogP) is 3.02. The van der Waals surface area contributed by atoms with Gasteiger partial charge >= 0.3 is 0 Å². The summed E-state index contributed by atoms with van der Waals surface area (Å²) in [5.41, 5.74) is 2.32. The van der Waals surface area contributed by atoms with Gasteiger partial charge in [0.15, 0.2) is 0 Å². The van der Waals surface area contributed by atoms with Crippen molar-refractivity contribution in [3.63, 3.8) is 0 Å². The van der Waals surface area contributed by atoms with Crippen LogP contribution in [0.2, 0.25) is 0 Å². The number of methoxy groups -OCH3 is 2. The Labute approximate surface area is 179 Å². The molecule has 1 heterocycles. The summed E-state index contributed by atoms with van der Waals surface area (Å²) in [4.78, 5) is 19.7. The molecule has 1 saturated carbocycles. The fourth-order valence-electron chi connectivity index (χ4n) is 4.08. The minimum Gasteiger partial charge on any atom is -0.497 e. The van der Waals surface area contributed by atoms with Gasteiger partial charge in [0.1, 0.15) is 11.5 Å². The van der Waals surface area contributed by atoms with Crippen molar-refractivity contribution >= 4 is 11.6 Å². The van der Waals surface area contributed by atoms with Crippen molar-refractivity contribution in [1.82, 2.24) is 9.80 Å². The largest absolute Gasteiger partial charge is 0.497 e. The van der Waals surface area contributed by atoms with Gasteiger partial charge in [0.05, 0.1) is 26.5 Å². The summed E-state index contributed by atoms with van der Waals surface area (Å²) >= 11 is 0. The van der Waals surface area contributed by atoms with Gasteiger partial charge in [0.2, 0.25) is 5.91 Å². The predicted molar refractivity (Wildman–Crippen MR) is 118 cm³/mol. The van der Waals surface area contributed by atoms with Crippen LogP contribution in [-0.2, 0) is 11.3 Å². The summed E-state index contributed by atoms with van der Waals surface area (Å²) in [6, 6.07) is 16.8. The number of hydrogen-bond acceptors (Lipinski definition) is 5. The van der Waals surface area contributed by atoms with Gasteiger partial charge in [-0.2, -0.15) is 0 Å². The standard InChI is InChI=1S/C24H31N3O3/c1-29-21-11-7-19(8-12-21)17-27(20-9-10-20)18-24(28)26-15-13-25(14-16-26)22-5-3-4-6-23(22)30-2/h3-8,11-12,20H,9-10,13-18H2,1-2H3. The first-order valence-corrected chi connectivity index (χ1v) is 10.7. The monoisotopic (exact) mass is 409 g/mol. The average molecular weight is 410 g/mol. The fourth-order valence-corrected chi connectivity index (χ4v) is 4.08. The molecule has 6 nitrogen and oxygen atoms in total. The Morgan fingerprint density at radius 1 is 0.967 bits per heavy atom. The lowest BCUT2D eigenvalue weighted by atomic mass is 10.2. The molecule has 2 aromatic carbocycles. The molecule has 0 bridgehead atoms. The molecule has 2 aromatic rings. The fraction of sp³-hybridized carbons (Fsp3) is 0.458. The Morgan fingerprint density at radius 3 is 2.30 bits per heavy atom. The molecule has 1 aliphatic carbocycles. The molecule has 30 heavy (non-hydrogen) atoms. The molecule has 1 saturated heterocycles. The van der Waals surface area contributed by atoms with Crippen LogP contribution in [-0.4, -0.2) is 68.7 Å². The summed E-state index contributed by atoms with van der Waals surface area (Å²) in [6.45, 7) is 4.45. The van der Waals surface area contributed by atoms with Gasteiger partial charge in [-0.15, -0.1) is 0 Å². The molecule has 2 fully saturated rings. The van der Waals surface area contributed by atoms with Crippen LogP contribution in [0.4, 0.5) is 5.69 Å². The van der Waals surface area contributed by atoms with Crippen molar-refractivity contribution in [1.29, 1.82) is 0 Å². The summed E-state index contributed by atoms with van der Waals surface area (Å²) in [6.07, 6.45) is 2.37. The first-order valence-electron chi connectivity index (χ1n) is 10.7. The number of carbonyl (C=O) groups is 1. The lowest BCUT2D eigenvalue weighted by Crippen LogP contribution is -2.51. The van der Waals surface area contributed by atoms with E-state index in [1.807, 2.05) is 35.2 Å². The van der Waals surface area contributed by atoms with Crippen LogP contribution in [0.1, 0.15) is 18.4 Å². The summed E-state index contributed by atoms with van der Waals surface area (Å²) in [5.74, 6) is 1.98. The highest BCUT2D eigenvalue weighted by Crippen LogP contribution is 2.30. The number of piperazine rings is 1. The summed E-state index contributed by atoms with van der Waals surface area (Å²) < 4.78 is 10.7. The highest BCUT2D eigenvalue weighted by molar-refractivity contribution is 5.78. The van der Waals surface area contributed by atoms with E-state index in [0.29, 0.717) is 12.6 Å². The Morgan fingerprint density at radius 2 is 1.67 bits per heavy atom. The average Bonchev–Trinajstić information content (AvgIpc) is 3.64. The number of rotatable bonds is 8. The number of ether oxygens (including phenoxy) is 2. The molecule has 0 unspecified atom stereocenters. The van der Waals surface area contributed by atoms with Crippen molar-refractivity contribution in [3.8, 4) is 11.5 Å². The number of carbonyl (C=O) groups excluding carboxylic acids is 1. The van der Waals surface area contributed by atoms with Gasteiger partial charge in [0.25, 0.3) is 0 Å². The molecule has 2 aliphatic rings. The molecule has 6 heteroatoms. The second-order valence-corrected chi connectivity index (χ2v) is 8.02. The normalized spacial score (nSPS) is 16.6. The lowest BCUT2D eigenvalue weighted by Gasteiger charge is -2.37. The van der Waals surface area contributed by atoms with E-state index in [1.54, 1.807) is 14.2 Å². The van der Waals surface area contributed by atoms with Gasteiger partial charge in [-0.25, -0.2) is 0 Å². The molecular weight excluding hydrogens is 378 g/mol. The van der Waals surface area contributed by atoms with E-state index in [2.05, 4.69) is 28.0 Å². The summed E-state index contributed by atoms with van der Waals surface area (Å²) in [7, 11) is 3.38. The first-order chi connectivity index (χ1) is 14.7. The molecule has 0 N–H and O–H groups in total. The van der Waals surface area contributed by atoms with Gasteiger partial charge in [-0.3, -0.25) is 9.69 Å². The lowest BCUT2D eigenvalue weighted by molar-refractivity contribution is -0.133. The van der Waals surface area contributed by atoms with Crippen molar-refractivity contribution in [3.05, 3.63) is 54.1 Å². The van der Waals surface area contributed by atoms with Crippen molar-refractivity contribution in [2.24, 2.45) is 0 Å². The van der Waals surface area contributed by atoms with Gasteiger partial charge < -0.3 is 19.3 Å². The second kappa shape index (κ2) is 9.39. The van der Waals surface area contributed by atoms with E-state index in [0.717, 1.165) is 49.9 Å². The Hall–Kier alpha value is -2.73. The molecule has 1 aliphatic heterocycles. The van der Waals surface area contributed by atoms with E-state index < -0.39 is 0 Å². The molecule has 1 amide bonds. The van der Waals surface area contributed by atoms with Crippen LogP contribution in [0.3, 0.4) is 0 Å². The zero-order valence-corrected chi connectivity index (χ0v) is 17.9. The van der Waals surface area contributed by atoms with Gasteiger partial charge in [-0.05, 0) is 42.7 Å². The maximum Gasteiger partial charge on any atom is 0.236 e. The number of benzene rings is 2. The van der Waals surface area contributed by atoms with Crippen molar-refractivity contribution in [2.75, 3.05) is 51.8 Å². The third-order valence-electron chi connectivity index (χ3n) is 6.00.